The number of carbonyl (C=O) groups excluding carboxylic acids is 1. The molecular formula is C14H14ClN5O. The molecule has 6 nitrogen and oxygen atoms in total. The minimum absolute atomic E-state index is 0.0158. The highest BCUT2D eigenvalue weighted by molar-refractivity contribution is 6.29. The molecule has 21 heavy (non-hydrogen) atoms. The lowest BCUT2D eigenvalue weighted by atomic mass is 10.2. The van der Waals surface area contributed by atoms with Gasteiger partial charge in [-0.1, -0.05) is 11.6 Å². The topological polar surface area (TPSA) is 62.2 Å². The van der Waals surface area contributed by atoms with Crippen LogP contribution in [0, 0.1) is 0 Å². The van der Waals surface area contributed by atoms with Gasteiger partial charge in [0.05, 0.1) is 11.8 Å². The van der Waals surface area contributed by atoms with Crippen molar-refractivity contribution < 1.29 is 4.79 Å². The number of carbonyl (C=O) groups is 1. The number of anilines is 1. The van der Waals surface area contributed by atoms with Crippen LogP contribution in [0.4, 0.5) is 5.82 Å². The van der Waals surface area contributed by atoms with Crippen LogP contribution < -0.4 is 4.90 Å². The maximum atomic E-state index is 12.4. The van der Waals surface area contributed by atoms with Crippen molar-refractivity contribution in [3.63, 3.8) is 0 Å². The summed E-state index contributed by atoms with van der Waals surface area (Å²) in [6.07, 6.45) is 6.57. The van der Waals surface area contributed by atoms with E-state index < -0.39 is 0 Å². The largest absolute Gasteiger partial charge is 0.352 e. The van der Waals surface area contributed by atoms with Gasteiger partial charge in [0.2, 0.25) is 0 Å². The van der Waals surface area contributed by atoms with Crippen molar-refractivity contribution in [3.05, 3.63) is 47.6 Å². The first-order valence-electron chi connectivity index (χ1n) is 6.66. The molecule has 0 saturated carbocycles. The average Bonchev–Trinajstić information content (AvgIpc) is 2.56. The van der Waals surface area contributed by atoms with E-state index in [4.69, 9.17) is 11.6 Å². The Kier molecular flexibility index (Phi) is 3.96. The van der Waals surface area contributed by atoms with Gasteiger partial charge in [0.25, 0.3) is 5.91 Å². The molecule has 0 radical (unpaired) electrons. The molecule has 1 saturated heterocycles. The molecule has 7 heteroatoms. The fourth-order valence-corrected chi connectivity index (χ4v) is 2.39. The molecule has 0 aliphatic carbocycles. The Morgan fingerprint density at radius 3 is 2.48 bits per heavy atom. The minimum Gasteiger partial charge on any atom is -0.352 e. The summed E-state index contributed by atoms with van der Waals surface area (Å²) in [5.41, 5.74) is 0.562. The summed E-state index contributed by atoms with van der Waals surface area (Å²) in [5.74, 6) is 0.829. The van der Waals surface area contributed by atoms with Gasteiger partial charge in [0, 0.05) is 44.8 Å². The Labute approximate surface area is 127 Å². The van der Waals surface area contributed by atoms with Crippen LogP contribution in [-0.4, -0.2) is 51.9 Å². The number of hydrogen-bond donors (Lipinski definition) is 0. The van der Waals surface area contributed by atoms with E-state index in [0.29, 0.717) is 23.8 Å². The molecule has 2 aromatic heterocycles. The number of rotatable bonds is 2. The van der Waals surface area contributed by atoms with Gasteiger partial charge >= 0.3 is 0 Å². The van der Waals surface area contributed by atoms with E-state index in [1.54, 1.807) is 30.7 Å². The zero-order chi connectivity index (χ0) is 14.7. The molecule has 3 rings (SSSR count). The second-order valence-electron chi connectivity index (χ2n) is 4.71. The maximum Gasteiger partial charge on any atom is 0.255 e. The van der Waals surface area contributed by atoms with E-state index >= 15 is 0 Å². The molecule has 0 bridgehead atoms. The van der Waals surface area contributed by atoms with Crippen LogP contribution in [0.5, 0.6) is 0 Å². The Balaban J connectivity index is 1.63. The quantitative estimate of drug-likeness (QED) is 0.787. The van der Waals surface area contributed by atoms with Crippen molar-refractivity contribution in [1.82, 2.24) is 19.9 Å². The summed E-state index contributed by atoms with van der Waals surface area (Å²) < 4.78 is 0. The molecule has 0 spiro atoms. The van der Waals surface area contributed by atoms with Crippen LogP contribution in [0.15, 0.2) is 36.9 Å². The van der Waals surface area contributed by atoms with Gasteiger partial charge in [-0.05, 0) is 12.1 Å². The third kappa shape index (κ3) is 3.11. The van der Waals surface area contributed by atoms with Crippen LogP contribution in [0.25, 0.3) is 0 Å². The number of amides is 1. The first kappa shape index (κ1) is 13.8. The highest BCUT2D eigenvalue weighted by Crippen LogP contribution is 2.14. The number of halogens is 1. The van der Waals surface area contributed by atoms with Crippen LogP contribution in [0.1, 0.15) is 10.4 Å². The molecule has 0 unspecified atom stereocenters. The lowest BCUT2D eigenvalue weighted by molar-refractivity contribution is 0.0746. The van der Waals surface area contributed by atoms with Gasteiger partial charge < -0.3 is 9.80 Å². The van der Waals surface area contributed by atoms with E-state index in [2.05, 4.69) is 19.9 Å². The van der Waals surface area contributed by atoms with Crippen LogP contribution in [0.2, 0.25) is 5.15 Å². The van der Waals surface area contributed by atoms with E-state index in [1.807, 2.05) is 4.90 Å². The van der Waals surface area contributed by atoms with Crippen LogP contribution in [-0.2, 0) is 0 Å². The zero-order valence-corrected chi connectivity index (χ0v) is 12.1. The van der Waals surface area contributed by atoms with Crippen molar-refractivity contribution in [1.29, 1.82) is 0 Å². The van der Waals surface area contributed by atoms with Gasteiger partial charge in [0.15, 0.2) is 0 Å². The molecular weight excluding hydrogens is 290 g/mol. The minimum atomic E-state index is -0.0158. The normalized spacial score (nSPS) is 15.1. The van der Waals surface area contributed by atoms with Crippen LogP contribution in [0.3, 0.4) is 0 Å². The zero-order valence-electron chi connectivity index (χ0n) is 11.3. The SMILES string of the molecule is O=C(c1ccc(Cl)nc1)N1CCN(c2cnccn2)CC1. The summed E-state index contributed by atoms with van der Waals surface area (Å²) in [7, 11) is 0. The number of nitrogens with zero attached hydrogens (tertiary/aromatic N) is 5. The Hall–Kier alpha value is -2.21. The van der Waals surface area contributed by atoms with E-state index in [1.165, 1.54) is 6.20 Å². The van der Waals surface area contributed by atoms with Crippen molar-refractivity contribution in [2.24, 2.45) is 0 Å². The molecule has 108 valence electrons. The lowest BCUT2D eigenvalue weighted by Gasteiger charge is -2.35. The highest BCUT2D eigenvalue weighted by atomic mass is 35.5. The van der Waals surface area contributed by atoms with Gasteiger partial charge in [0.1, 0.15) is 11.0 Å². The first-order chi connectivity index (χ1) is 10.2. The number of piperazine rings is 1. The predicted octanol–water partition coefficient (Wildman–Crippen LogP) is 1.49. The van der Waals surface area contributed by atoms with Gasteiger partial charge in [-0.25, -0.2) is 9.97 Å². The number of aromatic nitrogens is 3. The van der Waals surface area contributed by atoms with Crippen molar-refractivity contribution >= 4 is 23.3 Å². The molecule has 1 fully saturated rings. The predicted molar refractivity (Wildman–Crippen MR) is 79.4 cm³/mol. The first-order valence-corrected chi connectivity index (χ1v) is 7.03. The standard InChI is InChI=1S/C14H14ClN5O/c15-12-2-1-11(9-18-12)14(21)20-7-5-19(6-8-20)13-10-16-3-4-17-13/h1-4,9-10H,5-8H2. The summed E-state index contributed by atoms with van der Waals surface area (Å²) in [6.45, 7) is 2.78. The molecule has 1 amide bonds. The van der Waals surface area contributed by atoms with E-state index in [0.717, 1.165) is 18.9 Å². The summed E-state index contributed by atoms with van der Waals surface area (Å²) in [5, 5.41) is 0.388. The van der Waals surface area contributed by atoms with Crippen molar-refractivity contribution in [2.75, 3.05) is 31.1 Å². The molecule has 3 heterocycles. The summed E-state index contributed by atoms with van der Waals surface area (Å²) >= 11 is 5.73. The van der Waals surface area contributed by atoms with Gasteiger partial charge in [-0.15, -0.1) is 0 Å². The Bertz CT molecular complexity index is 611. The molecule has 0 aromatic carbocycles. The molecule has 1 aliphatic rings. The third-order valence-electron chi connectivity index (χ3n) is 3.41. The Morgan fingerprint density at radius 2 is 1.86 bits per heavy atom. The number of pyridine rings is 1. The summed E-state index contributed by atoms with van der Waals surface area (Å²) in [4.78, 5) is 28.6. The molecule has 0 N–H and O–H groups in total. The monoisotopic (exact) mass is 303 g/mol. The third-order valence-corrected chi connectivity index (χ3v) is 3.64. The highest BCUT2D eigenvalue weighted by Gasteiger charge is 2.23. The molecule has 0 atom stereocenters. The second-order valence-corrected chi connectivity index (χ2v) is 5.10. The van der Waals surface area contributed by atoms with Gasteiger partial charge in [-0.2, -0.15) is 0 Å². The second kappa shape index (κ2) is 6.05. The lowest BCUT2D eigenvalue weighted by Crippen LogP contribution is -2.49. The van der Waals surface area contributed by atoms with Gasteiger partial charge in [-0.3, -0.25) is 9.78 Å². The fourth-order valence-electron chi connectivity index (χ4n) is 2.28. The summed E-state index contributed by atoms with van der Waals surface area (Å²) in [6, 6.07) is 3.33. The molecule has 1 aliphatic heterocycles. The number of hydrogen-bond acceptors (Lipinski definition) is 5. The van der Waals surface area contributed by atoms with Crippen molar-refractivity contribution in [2.45, 2.75) is 0 Å². The average molecular weight is 304 g/mol. The Morgan fingerprint density at radius 1 is 1.05 bits per heavy atom. The van der Waals surface area contributed by atoms with E-state index in [-0.39, 0.29) is 5.91 Å². The smallest absolute Gasteiger partial charge is 0.255 e. The van der Waals surface area contributed by atoms with Crippen molar-refractivity contribution in [3.8, 4) is 0 Å². The maximum absolute atomic E-state index is 12.4. The molecule has 2 aromatic rings. The fraction of sp³-hybridized carbons (Fsp3) is 0.286. The van der Waals surface area contributed by atoms with E-state index in [9.17, 15) is 4.79 Å². The van der Waals surface area contributed by atoms with Crippen LogP contribution >= 0.6 is 11.6 Å².